The zero-order valence-electron chi connectivity index (χ0n) is 18.0. The summed E-state index contributed by atoms with van der Waals surface area (Å²) in [5, 5.41) is 3.43. The molecular weight excluding hydrogens is 417 g/mol. The number of halogens is 3. The molecular formula is C23H27F3N6. The zero-order valence-corrected chi connectivity index (χ0v) is 18.0. The molecule has 1 aliphatic carbocycles. The highest BCUT2D eigenvalue weighted by molar-refractivity contribution is 5.77. The first-order valence-electron chi connectivity index (χ1n) is 11.0. The number of aryl methyl sites for hydroxylation is 1. The summed E-state index contributed by atoms with van der Waals surface area (Å²) < 4.78 is 40.9. The number of nitrogens with one attached hydrogen (secondary N) is 1. The highest BCUT2D eigenvalue weighted by atomic mass is 19.1. The molecule has 2 fully saturated rings. The van der Waals surface area contributed by atoms with Crippen LogP contribution in [0.4, 0.5) is 24.5 Å². The molecule has 9 heteroatoms. The van der Waals surface area contributed by atoms with Gasteiger partial charge in [-0.2, -0.15) is 0 Å². The van der Waals surface area contributed by atoms with Crippen LogP contribution < -0.4 is 16.0 Å². The fourth-order valence-electron chi connectivity index (χ4n) is 4.66. The predicted octanol–water partition coefficient (Wildman–Crippen LogP) is 3.30. The molecule has 1 saturated carbocycles. The average Bonchev–Trinajstić information content (AvgIpc) is 2.74. The van der Waals surface area contributed by atoms with Gasteiger partial charge in [0.05, 0.1) is 17.6 Å². The Morgan fingerprint density at radius 3 is 2.56 bits per heavy atom. The molecule has 5 rings (SSSR count). The summed E-state index contributed by atoms with van der Waals surface area (Å²) in [7, 11) is 0. The van der Waals surface area contributed by atoms with Crippen LogP contribution in [0.5, 0.6) is 0 Å². The van der Waals surface area contributed by atoms with Crippen LogP contribution in [0.15, 0.2) is 42.1 Å². The standard InChI is InChI=1S/C23H27F3N6/c1-14-8-21-20(12-28-14)29-23(22(27)32(21)18-9-17(25)10-18)31-6-4-30(5-7-31)13-15-2-3-16(24)11-19(15)26/h2-3,8,11-12,17-18,29H,4-7,9-10,13,27H2,1H3. The van der Waals surface area contributed by atoms with Crippen LogP contribution in [-0.4, -0.2) is 53.2 Å². The monoisotopic (exact) mass is 444 g/mol. The van der Waals surface area contributed by atoms with Gasteiger partial charge < -0.3 is 20.9 Å². The van der Waals surface area contributed by atoms with Gasteiger partial charge in [-0.15, -0.1) is 0 Å². The minimum Gasteiger partial charge on any atom is -0.382 e. The first-order chi connectivity index (χ1) is 15.4. The maximum Gasteiger partial charge on any atom is 0.148 e. The Bertz CT molecular complexity index is 1040. The van der Waals surface area contributed by atoms with E-state index in [4.69, 9.17) is 5.73 Å². The number of hydrogen-bond donors (Lipinski definition) is 2. The van der Waals surface area contributed by atoms with Crippen molar-refractivity contribution >= 4 is 11.4 Å². The summed E-state index contributed by atoms with van der Waals surface area (Å²) in [6.07, 6.45) is 1.94. The first kappa shape index (κ1) is 20.9. The van der Waals surface area contributed by atoms with Gasteiger partial charge in [0.25, 0.3) is 0 Å². The van der Waals surface area contributed by atoms with Crippen molar-refractivity contribution in [1.82, 2.24) is 14.8 Å². The highest BCUT2D eigenvalue weighted by Crippen LogP contribution is 2.41. The number of anilines is 2. The number of fused-ring (bicyclic) bond motifs is 1. The van der Waals surface area contributed by atoms with Crippen LogP contribution in [0.25, 0.3) is 0 Å². The average molecular weight is 445 g/mol. The molecule has 2 aliphatic heterocycles. The van der Waals surface area contributed by atoms with Crippen molar-refractivity contribution in [2.24, 2.45) is 5.73 Å². The molecule has 0 amide bonds. The van der Waals surface area contributed by atoms with Gasteiger partial charge in [-0.1, -0.05) is 6.07 Å². The van der Waals surface area contributed by atoms with E-state index in [1.807, 2.05) is 17.9 Å². The molecule has 170 valence electrons. The number of aromatic nitrogens is 1. The molecule has 3 N–H and O–H groups in total. The molecule has 0 unspecified atom stereocenters. The van der Waals surface area contributed by atoms with E-state index in [2.05, 4.69) is 20.1 Å². The second kappa shape index (κ2) is 8.20. The van der Waals surface area contributed by atoms with Crippen molar-refractivity contribution < 1.29 is 13.2 Å². The molecule has 1 aromatic heterocycles. The van der Waals surface area contributed by atoms with E-state index in [-0.39, 0.29) is 6.04 Å². The summed E-state index contributed by atoms with van der Waals surface area (Å²) >= 11 is 0. The third-order valence-electron chi connectivity index (χ3n) is 6.55. The third-order valence-corrected chi connectivity index (χ3v) is 6.55. The molecule has 32 heavy (non-hydrogen) atoms. The number of piperazine rings is 1. The molecule has 3 aliphatic rings. The lowest BCUT2D eigenvalue weighted by molar-refractivity contribution is 0.149. The van der Waals surface area contributed by atoms with E-state index < -0.39 is 17.8 Å². The van der Waals surface area contributed by atoms with Gasteiger partial charge in [0.2, 0.25) is 0 Å². The molecule has 6 nitrogen and oxygen atoms in total. The molecule has 0 spiro atoms. The summed E-state index contributed by atoms with van der Waals surface area (Å²) in [5.74, 6) is 0.313. The third kappa shape index (κ3) is 3.85. The summed E-state index contributed by atoms with van der Waals surface area (Å²) in [5.41, 5.74) is 9.78. The van der Waals surface area contributed by atoms with Gasteiger partial charge in [0, 0.05) is 56.1 Å². The van der Waals surface area contributed by atoms with Gasteiger partial charge in [0.15, 0.2) is 0 Å². The van der Waals surface area contributed by atoms with Crippen LogP contribution in [-0.2, 0) is 6.54 Å². The van der Waals surface area contributed by atoms with Gasteiger partial charge in [-0.3, -0.25) is 9.88 Å². The molecule has 0 atom stereocenters. The molecule has 1 aromatic carbocycles. The molecule has 2 aromatic rings. The fraction of sp³-hybridized carbons (Fsp3) is 0.435. The minimum absolute atomic E-state index is 0.0328. The van der Waals surface area contributed by atoms with Crippen molar-refractivity contribution in [3.05, 3.63) is 65.0 Å². The number of benzene rings is 1. The molecule has 1 saturated heterocycles. The van der Waals surface area contributed by atoms with E-state index >= 15 is 0 Å². The molecule has 0 radical (unpaired) electrons. The van der Waals surface area contributed by atoms with Gasteiger partial charge in [-0.25, -0.2) is 13.2 Å². The Morgan fingerprint density at radius 2 is 1.88 bits per heavy atom. The smallest absolute Gasteiger partial charge is 0.148 e. The molecule has 3 heterocycles. The maximum atomic E-state index is 14.0. The molecule has 0 bridgehead atoms. The number of hydrogen-bond acceptors (Lipinski definition) is 6. The van der Waals surface area contributed by atoms with Gasteiger partial charge >= 0.3 is 0 Å². The zero-order chi connectivity index (χ0) is 22.4. The highest BCUT2D eigenvalue weighted by Gasteiger charge is 2.39. The minimum atomic E-state index is -0.784. The Morgan fingerprint density at radius 1 is 1.12 bits per heavy atom. The van der Waals surface area contributed by atoms with Crippen molar-refractivity contribution in [2.45, 2.75) is 38.5 Å². The van der Waals surface area contributed by atoms with Crippen molar-refractivity contribution in [3.63, 3.8) is 0 Å². The maximum absolute atomic E-state index is 14.0. The quantitative estimate of drug-likeness (QED) is 0.755. The number of rotatable bonds is 4. The summed E-state index contributed by atoms with van der Waals surface area (Å²) in [6, 6.07) is 5.72. The van der Waals surface area contributed by atoms with E-state index in [1.54, 1.807) is 6.20 Å². The Hall–Kier alpha value is -2.94. The Kier molecular flexibility index (Phi) is 5.36. The fourth-order valence-corrected chi connectivity index (χ4v) is 4.66. The Labute approximate surface area is 185 Å². The number of pyridine rings is 1. The topological polar surface area (TPSA) is 60.7 Å². The van der Waals surface area contributed by atoms with Gasteiger partial charge in [-0.05, 0) is 31.9 Å². The lowest BCUT2D eigenvalue weighted by Gasteiger charge is -2.47. The van der Waals surface area contributed by atoms with Crippen molar-refractivity contribution in [3.8, 4) is 0 Å². The number of alkyl halides is 1. The summed E-state index contributed by atoms with van der Waals surface area (Å²) in [6.45, 7) is 5.18. The predicted molar refractivity (Wildman–Crippen MR) is 117 cm³/mol. The van der Waals surface area contributed by atoms with Crippen LogP contribution in [0.2, 0.25) is 0 Å². The van der Waals surface area contributed by atoms with Crippen LogP contribution in [0.3, 0.4) is 0 Å². The van der Waals surface area contributed by atoms with Crippen LogP contribution in [0, 0.1) is 18.6 Å². The lowest BCUT2D eigenvalue weighted by atomic mass is 9.88. The number of nitrogens with zero attached hydrogens (tertiary/aromatic N) is 4. The van der Waals surface area contributed by atoms with E-state index in [1.165, 1.54) is 12.1 Å². The van der Waals surface area contributed by atoms with E-state index in [0.29, 0.717) is 56.9 Å². The number of nitrogens with two attached hydrogens (primary N) is 1. The summed E-state index contributed by atoms with van der Waals surface area (Å²) in [4.78, 5) is 10.8. The first-order valence-corrected chi connectivity index (χ1v) is 11.0. The lowest BCUT2D eigenvalue weighted by Crippen LogP contribution is -2.53. The normalized spacial score (nSPS) is 23.6. The van der Waals surface area contributed by atoms with E-state index in [0.717, 1.165) is 29.0 Å². The van der Waals surface area contributed by atoms with Gasteiger partial charge in [0.1, 0.15) is 29.4 Å². The largest absolute Gasteiger partial charge is 0.382 e. The SMILES string of the molecule is Cc1cc2c(cn1)NC(N1CCN(Cc3ccc(F)cc3F)CC1)=C(N)N2C1CC(F)C1. The van der Waals surface area contributed by atoms with Crippen LogP contribution >= 0.6 is 0 Å². The van der Waals surface area contributed by atoms with Crippen molar-refractivity contribution in [2.75, 3.05) is 36.4 Å². The van der Waals surface area contributed by atoms with Crippen molar-refractivity contribution in [1.29, 1.82) is 0 Å². The second-order valence-corrected chi connectivity index (χ2v) is 8.79. The second-order valence-electron chi connectivity index (χ2n) is 8.79. The Balaban J connectivity index is 1.32. The van der Waals surface area contributed by atoms with E-state index in [9.17, 15) is 13.2 Å². The van der Waals surface area contributed by atoms with Crippen LogP contribution in [0.1, 0.15) is 24.1 Å².